The van der Waals surface area contributed by atoms with Gasteiger partial charge in [-0.1, -0.05) is 37.3 Å². The summed E-state index contributed by atoms with van der Waals surface area (Å²) in [4.78, 5) is 26.1. The molecule has 3 aromatic rings. The van der Waals surface area contributed by atoms with E-state index < -0.39 is 34.3 Å². The van der Waals surface area contributed by atoms with Crippen LogP contribution in [0.5, 0.6) is 0 Å². The fourth-order valence-corrected chi connectivity index (χ4v) is 4.06. The van der Waals surface area contributed by atoms with Crippen molar-refractivity contribution in [2.24, 2.45) is 0 Å². The van der Waals surface area contributed by atoms with Gasteiger partial charge in [0.2, 0.25) is 0 Å². The Morgan fingerprint density at radius 1 is 1.09 bits per heavy atom. The molecule has 1 atom stereocenters. The van der Waals surface area contributed by atoms with Crippen LogP contribution in [0.4, 0.5) is 13.2 Å². The molecule has 1 heterocycles. The first-order valence-electron chi connectivity index (χ1n) is 10.4. The van der Waals surface area contributed by atoms with Gasteiger partial charge in [-0.3, -0.25) is 14.2 Å². The largest absolute Gasteiger partial charge is 0.416 e. The summed E-state index contributed by atoms with van der Waals surface area (Å²) < 4.78 is 60.6. The number of nitrogens with one attached hydrogen (secondary N) is 1. The minimum atomic E-state index is -4.57. The minimum Gasteiger partial charge on any atom is -0.348 e. The smallest absolute Gasteiger partial charge is 0.348 e. The molecule has 0 saturated carbocycles. The molecule has 0 aliphatic carbocycles. The van der Waals surface area contributed by atoms with Crippen LogP contribution in [0.3, 0.4) is 0 Å². The summed E-state index contributed by atoms with van der Waals surface area (Å²) >= 11 is -1.96. The molecule has 0 bridgehead atoms. The van der Waals surface area contributed by atoms with Crippen molar-refractivity contribution in [3.05, 3.63) is 98.5 Å². The number of carbonyl (C=O) groups is 1. The highest BCUT2D eigenvalue weighted by atomic mass is 32.2. The average molecular weight is 493 g/mol. The number of pyridine rings is 1. The summed E-state index contributed by atoms with van der Waals surface area (Å²) in [6.07, 6.45) is -4.10. The van der Waals surface area contributed by atoms with E-state index in [0.29, 0.717) is 28.8 Å². The van der Waals surface area contributed by atoms with Crippen molar-refractivity contribution in [3.63, 3.8) is 0 Å². The molecule has 2 N–H and O–H groups in total. The first-order chi connectivity index (χ1) is 16.0. The van der Waals surface area contributed by atoms with Crippen LogP contribution in [-0.2, 0) is 36.0 Å². The molecule has 0 saturated heterocycles. The van der Waals surface area contributed by atoms with E-state index in [1.807, 2.05) is 6.92 Å². The van der Waals surface area contributed by atoms with E-state index in [1.165, 1.54) is 18.2 Å². The van der Waals surface area contributed by atoms with Gasteiger partial charge in [-0.25, -0.2) is 4.21 Å². The lowest BCUT2D eigenvalue weighted by molar-refractivity contribution is -0.137. The van der Waals surface area contributed by atoms with Crippen molar-refractivity contribution >= 4 is 17.0 Å². The third kappa shape index (κ3) is 5.81. The predicted molar refractivity (Wildman–Crippen MR) is 123 cm³/mol. The standard InChI is InChI=1S/C24H23F3N2O4S/c1-3-18-11-21(22(30)28-13-16-7-9-17(10-8-16)14-34(32)33)23(31)29(15(18)2)20-6-4-5-19(12-20)24(25,26)27/h4-12H,3,13-14H2,1-2H3,(H,28,30)(H,32,33). The second-order valence-corrected chi connectivity index (χ2v) is 8.61. The highest BCUT2D eigenvalue weighted by Crippen LogP contribution is 2.30. The Labute approximate surface area is 196 Å². The summed E-state index contributed by atoms with van der Waals surface area (Å²) in [5, 5.41) is 2.66. The lowest BCUT2D eigenvalue weighted by atomic mass is 10.1. The maximum atomic E-state index is 13.2. The van der Waals surface area contributed by atoms with E-state index in [0.717, 1.165) is 16.7 Å². The molecule has 2 aromatic carbocycles. The average Bonchev–Trinajstić information content (AvgIpc) is 2.78. The van der Waals surface area contributed by atoms with Gasteiger partial charge >= 0.3 is 6.18 Å². The number of benzene rings is 2. The van der Waals surface area contributed by atoms with E-state index >= 15 is 0 Å². The fraction of sp³-hybridized carbons (Fsp3) is 0.250. The van der Waals surface area contributed by atoms with Gasteiger partial charge < -0.3 is 9.87 Å². The van der Waals surface area contributed by atoms with Crippen molar-refractivity contribution in [1.29, 1.82) is 0 Å². The van der Waals surface area contributed by atoms with E-state index in [9.17, 15) is 27.0 Å². The van der Waals surface area contributed by atoms with Crippen LogP contribution in [0.15, 0.2) is 59.4 Å². The predicted octanol–water partition coefficient (Wildman–Crippen LogP) is 4.38. The molecule has 180 valence electrons. The number of halogens is 3. The van der Waals surface area contributed by atoms with Gasteiger partial charge in [0.15, 0.2) is 11.1 Å². The normalized spacial score (nSPS) is 12.4. The van der Waals surface area contributed by atoms with Crippen LogP contribution in [0.2, 0.25) is 0 Å². The number of aryl methyl sites for hydroxylation is 1. The van der Waals surface area contributed by atoms with E-state index in [4.69, 9.17) is 4.55 Å². The Balaban J connectivity index is 1.93. The summed E-state index contributed by atoms with van der Waals surface area (Å²) in [6, 6.07) is 12.6. The monoisotopic (exact) mass is 492 g/mol. The third-order valence-corrected chi connectivity index (χ3v) is 5.96. The summed E-state index contributed by atoms with van der Waals surface area (Å²) in [6.45, 7) is 3.55. The number of nitrogens with zero attached hydrogens (tertiary/aromatic N) is 1. The van der Waals surface area contributed by atoms with Crippen LogP contribution >= 0.6 is 0 Å². The van der Waals surface area contributed by atoms with Crippen LogP contribution in [0.1, 0.15) is 45.2 Å². The van der Waals surface area contributed by atoms with Gasteiger partial charge in [0.05, 0.1) is 11.3 Å². The number of hydrogen-bond donors (Lipinski definition) is 2. The van der Waals surface area contributed by atoms with Gasteiger partial charge in [-0.05, 0) is 54.3 Å². The number of carbonyl (C=O) groups excluding carboxylic acids is 1. The number of amides is 1. The van der Waals surface area contributed by atoms with E-state index in [-0.39, 0.29) is 23.5 Å². The van der Waals surface area contributed by atoms with Gasteiger partial charge in [0.25, 0.3) is 11.5 Å². The fourth-order valence-electron chi connectivity index (χ4n) is 3.58. The third-order valence-electron chi connectivity index (χ3n) is 5.38. The maximum Gasteiger partial charge on any atom is 0.416 e. The molecule has 6 nitrogen and oxygen atoms in total. The van der Waals surface area contributed by atoms with Crippen molar-refractivity contribution in [3.8, 4) is 5.69 Å². The van der Waals surface area contributed by atoms with Crippen LogP contribution < -0.4 is 10.9 Å². The Bertz CT molecular complexity index is 1280. The zero-order valence-corrected chi connectivity index (χ0v) is 19.3. The molecule has 0 radical (unpaired) electrons. The van der Waals surface area contributed by atoms with Crippen molar-refractivity contribution < 1.29 is 26.7 Å². The highest BCUT2D eigenvalue weighted by molar-refractivity contribution is 7.78. The Hall–Kier alpha value is -3.24. The van der Waals surface area contributed by atoms with Crippen molar-refractivity contribution in [2.75, 3.05) is 0 Å². The molecule has 10 heteroatoms. The molecular weight excluding hydrogens is 469 g/mol. The Morgan fingerprint density at radius 2 is 1.74 bits per heavy atom. The van der Waals surface area contributed by atoms with Gasteiger partial charge in [-0.15, -0.1) is 0 Å². The quantitative estimate of drug-likeness (QED) is 0.479. The van der Waals surface area contributed by atoms with E-state index in [1.54, 1.807) is 31.2 Å². The van der Waals surface area contributed by atoms with Crippen LogP contribution in [0.25, 0.3) is 5.69 Å². The molecule has 3 rings (SSSR count). The van der Waals surface area contributed by atoms with Crippen molar-refractivity contribution in [1.82, 2.24) is 9.88 Å². The first kappa shape index (κ1) is 25.4. The van der Waals surface area contributed by atoms with Gasteiger partial charge in [0.1, 0.15) is 5.56 Å². The lowest BCUT2D eigenvalue weighted by Crippen LogP contribution is -2.34. The lowest BCUT2D eigenvalue weighted by Gasteiger charge is -2.17. The van der Waals surface area contributed by atoms with Gasteiger partial charge in [0, 0.05) is 17.9 Å². The molecule has 1 amide bonds. The first-order valence-corrected chi connectivity index (χ1v) is 11.7. The molecular formula is C24H23F3N2O4S. The molecule has 1 unspecified atom stereocenters. The Morgan fingerprint density at radius 3 is 2.32 bits per heavy atom. The number of rotatable bonds is 7. The molecule has 34 heavy (non-hydrogen) atoms. The second-order valence-electron chi connectivity index (χ2n) is 7.68. The highest BCUT2D eigenvalue weighted by Gasteiger charge is 2.31. The molecule has 0 aliphatic rings. The molecule has 0 spiro atoms. The number of aromatic nitrogens is 1. The van der Waals surface area contributed by atoms with E-state index in [2.05, 4.69) is 5.32 Å². The second kappa shape index (κ2) is 10.4. The Kier molecular flexibility index (Phi) is 7.73. The topological polar surface area (TPSA) is 88.4 Å². The van der Waals surface area contributed by atoms with Crippen LogP contribution in [-0.4, -0.2) is 19.2 Å². The summed E-state index contributed by atoms with van der Waals surface area (Å²) in [7, 11) is 0. The minimum absolute atomic E-state index is 0.00905. The zero-order chi connectivity index (χ0) is 25.0. The number of hydrogen-bond acceptors (Lipinski definition) is 3. The number of alkyl halides is 3. The summed E-state index contributed by atoms with van der Waals surface area (Å²) in [5.41, 5.74) is 0.729. The SMILES string of the molecule is CCc1cc(C(=O)NCc2ccc(CS(=O)O)cc2)c(=O)n(-c2cccc(C(F)(F)F)c2)c1C. The summed E-state index contributed by atoms with van der Waals surface area (Å²) in [5.74, 6) is -0.661. The molecule has 0 aliphatic heterocycles. The van der Waals surface area contributed by atoms with Crippen molar-refractivity contribution in [2.45, 2.75) is 38.7 Å². The van der Waals surface area contributed by atoms with Gasteiger partial charge in [-0.2, -0.15) is 13.2 Å². The molecule has 1 aromatic heterocycles. The molecule has 0 fully saturated rings. The zero-order valence-electron chi connectivity index (χ0n) is 18.5. The maximum absolute atomic E-state index is 13.2. The van der Waals surface area contributed by atoms with Crippen LogP contribution in [0, 0.1) is 6.92 Å².